The Bertz CT molecular complexity index is 912. The van der Waals surface area contributed by atoms with Crippen LogP contribution in [0.15, 0.2) is 47.0 Å². The van der Waals surface area contributed by atoms with Gasteiger partial charge in [-0.2, -0.15) is 0 Å². The van der Waals surface area contributed by atoms with E-state index in [0.29, 0.717) is 31.2 Å². The lowest BCUT2D eigenvalue weighted by atomic mass is 10.2. The molecule has 0 aromatic carbocycles. The van der Waals surface area contributed by atoms with Crippen molar-refractivity contribution in [3.8, 4) is 11.5 Å². The van der Waals surface area contributed by atoms with Crippen LogP contribution in [0.3, 0.4) is 0 Å². The molecule has 0 bridgehead atoms. The first kappa shape index (κ1) is 17.9. The number of H-pyrrole nitrogens is 1. The topological polar surface area (TPSA) is 101 Å². The molecule has 0 aliphatic carbocycles. The minimum Gasteiger partial charge on any atom is -0.383 e. The molecule has 0 atom stereocenters. The Balaban J connectivity index is 1.85. The van der Waals surface area contributed by atoms with Gasteiger partial charge < -0.3 is 14.6 Å². The standard InChI is InChI=1S/C17H17N5O3S/c1-25-8-7-22(11-14-19-6-9-26-14)17(24)12-10-20-15(21-16(12)23)13-4-2-3-5-18-13/h2-6,9-10H,7-8,11H2,1H3,(H,20,21,23). The zero-order valence-corrected chi connectivity index (χ0v) is 14.9. The van der Waals surface area contributed by atoms with Gasteiger partial charge in [-0.15, -0.1) is 11.3 Å². The summed E-state index contributed by atoms with van der Waals surface area (Å²) in [5.41, 5.74) is -0.00725. The molecule has 0 radical (unpaired) electrons. The lowest BCUT2D eigenvalue weighted by Crippen LogP contribution is -2.36. The van der Waals surface area contributed by atoms with E-state index in [1.54, 1.807) is 37.7 Å². The molecule has 0 aliphatic rings. The Morgan fingerprint density at radius 1 is 1.27 bits per heavy atom. The predicted molar refractivity (Wildman–Crippen MR) is 96.8 cm³/mol. The molecule has 0 saturated heterocycles. The van der Waals surface area contributed by atoms with Gasteiger partial charge >= 0.3 is 0 Å². The highest BCUT2D eigenvalue weighted by Crippen LogP contribution is 2.12. The van der Waals surface area contributed by atoms with E-state index in [1.165, 1.54) is 22.4 Å². The van der Waals surface area contributed by atoms with Crippen molar-refractivity contribution in [3.63, 3.8) is 0 Å². The molecular formula is C17H17N5O3S. The van der Waals surface area contributed by atoms with E-state index < -0.39 is 11.5 Å². The van der Waals surface area contributed by atoms with Crippen molar-refractivity contribution in [2.45, 2.75) is 6.54 Å². The number of nitrogens with zero attached hydrogens (tertiary/aromatic N) is 4. The number of nitrogens with one attached hydrogen (secondary N) is 1. The van der Waals surface area contributed by atoms with Gasteiger partial charge in [0.1, 0.15) is 16.3 Å². The highest BCUT2D eigenvalue weighted by Gasteiger charge is 2.21. The lowest BCUT2D eigenvalue weighted by molar-refractivity contribution is 0.0678. The predicted octanol–water partition coefficient (Wildman–Crippen LogP) is 1.58. The Labute approximate surface area is 153 Å². The fraction of sp³-hybridized carbons (Fsp3) is 0.235. The molecule has 0 saturated carbocycles. The normalized spacial score (nSPS) is 10.7. The molecule has 1 amide bonds. The van der Waals surface area contributed by atoms with Gasteiger partial charge in [-0.1, -0.05) is 6.07 Å². The zero-order chi connectivity index (χ0) is 18.4. The number of aromatic amines is 1. The number of methoxy groups -OCH3 is 1. The van der Waals surface area contributed by atoms with Crippen LogP contribution in [0, 0.1) is 0 Å². The summed E-state index contributed by atoms with van der Waals surface area (Å²) in [5, 5.41) is 2.62. The Kier molecular flexibility index (Phi) is 5.82. The summed E-state index contributed by atoms with van der Waals surface area (Å²) in [4.78, 5) is 41.9. The zero-order valence-electron chi connectivity index (χ0n) is 14.1. The van der Waals surface area contributed by atoms with Crippen molar-refractivity contribution in [3.05, 3.63) is 63.1 Å². The molecule has 3 aromatic heterocycles. The molecule has 0 spiro atoms. The van der Waals surface area contributed by atoms with Gasteiger partial charge in [-0.3, -0.25) is 14.6 Å². The van der Waals surface area contributed by atoms with Crippen molar-refractivity contribution in [2.75, 3.05) is 20.3 Å². The lowest BCUT2D eigenvalue weighted by Gasteiger charge is -2.20. The fourth-order valence-electron chi connectivity index (χ4n) is 2.30. The smallest absolute Gasteiger partial charge is 0.264 e. The van der Waals surface area contributed by atoms with E-state index in [9.17, 15) is 9.59 Å². The van der Waals surface area contributed by atoms with Gasteiger partial charge in [0.15, 0.2) is 5.82 Å². The summed E-state index contributed by atoms with van der Waals surface area (Å²) >= 11 is 1.45. The molecule has 0 unspecified atom stereocenters. The van der Waals surface area contributed by atoms with Crippen LogP contribution in [0.5, 0.6) is 0 Å². The van der Waals surface area contributed by atoms with Crippen molar-refractivity contribution in [1.82, 2.24) is 24.8 Å². The number of amides is 1. The van der Waals surface area contributed by atoms with Crippen LogP contribution in [-0.4, -0.2) is 51.0 Å². The molecule has 8 nitrogen and oxygen atoms in total. The molecule has 3 aromatic rings. The summed E-state index contributed by atoms with van der Waals surface area (Å²) in [6.45, 7) is 1.01. The van der Waals surface area contributed by atoms with Crippen molar-refractivity contribution in [1.29, 1.82) is 0 Å². The second kappa shape index (κ2) is 8.45. The average Bonchev–Trinajstić information content (AvgIpc) is 3.18. The average molecular weight is 371 g/mol. The van der Waals surface area contributed by atoms with E-state index in [4.69, 9.17) is 4.74 Å². The molecule has 3 rings (SSSR count). The number of rotatable bonds is 7. The fourth-order valence-corrected chi connectivity index (χ4v) is 2.93. The largest absolute Gasteiger partial charge is 0.383 e. The van der Waals surface area contributed by atoms with Gasteiger partial charge in [-0.05, 0) is 12.1 Å². The highest BCUT2D eigenvalue weighted by molar-refractivity contribution is 7.09. The number of thiazole rings is 1. The van der Waals surface area contributed by atoms with Crippen LogP contribution >= 0.6 is 11.3 Å². The number of hydrogen-bond donors (Lipinski definition) is 1. The van der Waals surface area contributed by atoms with Crippen LogP contribution in [0.4, 0.5) is 0 Å². The van der Waals surface area contributed by atoms with E-state index in [1.807, 2.05) is 5.38 Å². The first-order chi connectivity index (χ1) is 12.7. The molecular weight excluding hydrogens is 354 g/mol. The summed E-state index contributed by atoms with van der Waals surface area (Å²) in [6.07, 6.45) is 4.57. The van der Waals surface area contributed by atoms with E-state index in [2.05, 4.69) is 19.9 Å². The maximum atomic E-state index is 12.8. The number of aromatic nitrogens is 4. The Morgan fingerprint density at radius 2 is 2.15 bits per heavy atom. The summed E-state index contributed by atoms with van der Waals surface area (Å²) in [5.74, 6) is -0.103. The Morgan fingerprint density at radius 3 is 2.81 bits per heavy atom. The van der Waals surface area contributed by atoms with E-state index in [-0.39, 0.29) is 5.56 Å². The quantitative estimate of drug-likeness (QED) is 0.677. The molecule has 0 aliphatic heterocycles. The third-order valence-electron chi connectivity index (χ3n) is 3.60. The first-order valence-electron chi connectivity index (χ1n) is 7.86. The van der Waals surface area contributed by atoms with Gasteiger partial charge in [0.05, 0.1) is 13.2 Å². The van der Waals surface area contributed by atoms with Crippen LogP contribution < -0.4 is 5.56 Å². The third-order valence-corrected chi connectivity index (χ3v) is 4.36. The van der Waals surface area contributed by atoms with Gasteiger partial charge in [0.2, 0.25) is 0 Å². The van der Waals surface area contributed by atoms with Crippen LogP contribution in [0.25, 0.3) is 11.5 Å². The highest BCUT2D eigenvalue weighted by atomic mass is 32.1. The van der Waals surface area contributed by atoms with E-state index >= 15 is 0 Å². The Hall–Kier alpha value is -2.91. The maximum absolute atomic E-state index is 12.8. The van der Waals surface area contributed by atoms with Crippen molar-refractivity contribution in [2.24, 2.45) is 0 Å². The summed E-state index contributed by atoms with van der Waals surface area (Å²) in [6, 6.07) is 5.29. The first-order valence-corrected chi connectivity index (χ1v) is 8.74. The molecule has 134 valence electrons. The minimum absolute atomic E-state index is 0.0302. The molecule has 1 N–H and O–H groups in total. The van der Waals surface area contributed by atoms with Crippen LogP contribution in [0.2, 0.25) is 0 Å². The minimum atomic E-state index is -0.507. The SMILES string of the molecule is COCCN(Cc1nccs1)C(=O)c1cnc(-c2ccccn2)[nH]c1=O. The van der Waals surface area contributed by atoms with Crippen LogP contribution in [0.1, 0.15) is 15.4 Å². The number of ether oxygens (including phenoxy) is 1. The number of carbonyl (C=O) groups is 1. The summed E-state index contributed by atoms with van der Waals surface area (Å²) in [7, 11) is 1.56. The maximum Gasteiger partial charge on any atom is 0.264 e. The second-order valence-electron chi connectivity index (χ2n) is 5.33. The number of hydrogen-bond acceptors (Lipinski definition) is 7. The monoisotopic (exact) mass is 371 g/mol. The van der Waals surface area contributed by atoms with Crippen molar-refractivity contribution < 1.29 is 9.53 Å². The van der Waals surface area contributed by atoms with E-state index in [0.717, 1.165) is 5.01 Å². The van der Waals surface area contributed by atoms with Gasteiger partial charge in [-0.25, -0.2) is 9.97 Å². The molecule has 9 heteroatoms. The van der Waals surface area contributed by atoms with Gasteiger partial charge in [0, 0.05) is 37.6 Å². The van der Waals surface area contributed by atoms with Gasteiger partial charge in [0.25, 0.3) is 11.5 Å². The summed E-state index contributed by atoms with van der Waals surface area (Å²) < 4.78 is 5.06. The number of pyridine rings is 1. The third kappa shape index (κ3) is 4.19. The van der Waals surface area contributed by atoms with Crippen LogP contribution in [-0.2, 0) is 11.3 Å². The van der Waals surface area contributed by atoms with Crippen molar-refractivity contribution >= 4 is 17.2 Å². The molecule has 0 fully saturated rings. The molecule has 3 heterocycles. The molecule has 26 heavy (non-hydrogen) atoms. The number of carbonyl (C=O) groups excluding carboxylic acids is 1. The second-order valence-corrected chi connectivity index (χ2v) is 6.31.